The summed E-state index contributed by atoms with van der Waals surface area (Å²) >= 11 is 17.6. The molecule has 1 N–H and O–H groups in total. The molecule has 0 spiro atoms. The number of benzene rings is 1. The van der Waals surface area contributed by atoms with Crippen LogP contribution in [-0.4, -0.2) is 20.4 Å². The molecule has 3 rings (SSSR count). The Balaban J connectivity index is 1.70. The number of aromatic nitrogens is 3. The Morgan fingerprint density at radius 3 is 2.58 bits per heavy atom. The molecule has 0 radical (unpaired) electrons. The summed E-state index contributed by atoms with van der Waals surface area (Å²) in [7, 11) is 0. The van der Waals surface area contributed by atoms with Crippen molar-refractivity contribution in [2.75, 3.05) is 5.32 Å². The largest absolute Gasteiger partial charge is 0.331 e. The molecule has 2 aromatic heterocycles. The second kappa shape index (κ2) is 7.21. The van der Waals surface area contributed by atoms with Crippen molar-refractivity contribution in [3.63, 3.8) is 0 Å². The summed E-state index contributed by atoms with van der Waals surface area (Å²) in [6.07, 6.45) is 3.35. The number of halogens is 3. The molecule has 2 heterocycles. The van der Waals surface area contributed by atoms with Crippen LogP contribution in [-0.2, 0) is 6.54 Å². The third-order valence-electron chi connectivity index (χ3n) is 3.15. The van der Waals surface area contributed by atoms with Crippen LogP contribution in [0, 0.1) is 0 Å². The smallest absolute Gasteiger partial charge is 0.257 e. The van der Waals surface area contributed by atoms with Crippen molar-refractivity contribution in [3.8, 4) is 0 Å². The van der Waals surface area contributed by atoms with Crippen LogP contribution >= 0.6 is 34.8 Å². The van der Waals surface area contributed by atoms with Gasteiger partial charge in [-0.2, -0.15) is 0 Å². The molecule has 24 heavy (non-hydrogen) atoms. The Kier molecular flexibility index (Phi) is 5.04. The van der Waals surface area contributed by atoms with Gasteiger partial charge in [0.05, 0.1) is 6.33 Å². The molecule has 0 fully saturated rings. The van der Waals surface area contributed by atoms with Gasteiger partial charge in [-0.05, 0) is 29.8 Å². The van der Waals surface area contributed by atoms with E-state index in [1.165, 1.54) is 12.1 Å². The summed E-state index contributed by atoms with van der Waals surface area (Å²) in [4.78, 5) is 20.2. The lowest BCUT2D eigenvalue weighted by Gasteiger charge is -2.04. The third kappa shape index (κ3) is 4.26. The van der Waals surface area contributed by atoms with E-state index in [0.717, 1.165) is 5.56 Å². The van der Waals surface area contributed by atoms with Crippen molar-refractivity contribution >= 4 is 46.5 Å². The highest BCUT2D eigenvalue weighted by Crippen LogP contribution is 2.17. The molecule has 122 valence electrons. The zero-order valence-corrected chi connectivity index (χ0v) is 14.5. The van der Waals surface area contributed by atoms with Crippen molar-refractivity contribution in [1.29, 1.82) is 0 Å². The molecule has 1 aromatic carbocycles. The zero-order chi connectivity index (χ0) is 17.1. The molecule has 8 heteroatoms. The predicted octanol–water partition coefficient (Wildman–Crippen LogP) is 4.54. The lowest BCUT2D eigenvalue weighted by molar-refractivity contribution is 0.102. The number of rotatable bonds is 4. The van der Waals surface area contributed by atoms with E-state index in [0.29, 0.717) is 22.9 Å². The third-order valence-corrected chi connectivity index (χ3v) is 3.78. The minimum absolute atomic E-state index is 0.152. The number of hydrogen-bond donors (Lipinski definition) is 1. The van der Waals surface area contributed by atoms with Crippen molar-refractivity contribution in [2.45, 2.75) is 6.54 Å². The van der Waals surface area contributed by atoms with Gasteiger partial charge in [-0.15, -0.1) is 0 Å². The van der Waals surface area contributed by atoms with Crippen molar-refractivity contribution in [1.82, 2.24) is 14.5 Å². The molecule has 0 saturated carbocycles. The van der Waals surface area contributed by atoms with E-state index < -0.39 is 0 Å². The fourth-order valence-electron chi connectivity index (χ4n) is 2.14. The fraction of sp³-hybridized carbons (Fsp3) is 0.0625. The van der Waals surface area contributed by atoms with Gasteiger partial charge in [-0.25, -0.2) is 9.97 Å². The molecule has 0 aliphatic rings. The summed E-state index contributed by atoms with van der Waals surface area (Å²) in [6, 6.07) is 10.4. The summed E-state index contributed by atoms with van der Waals surface area (Å²) in [5.74, 6) is 0.0558. The maximum atomic E-state index is 12.2. The van der Waals surface area contributed by atoms with E-state index >= 15 is 0 Å². The van der Waals surface area contributed by atoms with Crippen molar-refractivity contribution in [3.05, 3.63) is 75.4 Å². The number of imidazole rings is 1. The molecule has 0 unspecified atom stereocenters. The monoisotopic (exact) mass is 380 g/mol. The highest BCUT2D eigenvalue weighted by molar-refractivity contribution is 6.33. The standard InChI is InChI=1S/C16H11Cl3N4O/c17-12-3-1-2-10(4-12)7-23-8-15(20-9-23)22-16(24)11-5-13(18)21-14(19)6-11/h1-6,8-9H,7H2,(H,22,24). The van der Waals surface area contributed by atoms with E-state index in [-0.39, 0.29) is 16.2 Å². The highest BCUT2D eigenvalue weighted by atomic mass is 35.5. The first-order valence-corrected chi connectivity index (χ1v) is 8.03. The number of carbonyl (C=O) groups is 1. The Hall–Kier alpha value is -2.08. The first-order valence-electron chi connectivity index (χ1n) is 6.90. The zero-order valence-electron chi connectivity index (χ0n) is 12.2. The van der Waals surface area contributed by atoms with Crippen LogP contribution in [0.2, 0.25) is 15.3 Å². The normalized spacial score (nSPS) is 10.6. The molecule has 0 atom stereocenters. The molecule has 3 aromatic rings. The summed E-state index contributed by atoms with van der Waals surface area (Å²) in [6.45, 7) is 0.594. The van der Waals surface area contributed by atoms with Gasteiger partial charge in [0.25, 0.3) is 5.91 Å². The summed E-state index contributed by atoms with van der Waals surface area (Å²) < 4.78 is 1.84. The van der Waals surface area contributed by atoms with Crippen LogP contribution in [0.15, 0.2) is 48.9 Å². The first kappa shape index (κ1) is 16.8. The Morgan fingerprint density at radius 1 is 1.12 bits per heavy atom. The molecule has 1 amide bonds. The number of amides is 1. The van der Waals surface area contributed by atoms with Crippen molar-refractivity contribution in [2.24, 2.45) is 0 Å². The van der Waals surface area contributed by atoms with Crippen LogP contribution < -0.4 is 5.32 Å². The van der Waals surface area contributed by atoms with Crippen LogP contribution in [0.1, 0.15) is 15.9 Å². The second-order valence-electron chi connectivity index (χ2n) is 5.02. The first-order chi connectivity index (χ1) is 11.5. The van der Waals surface area contributed by atoms with Crippen LogP contribution in [0.5, 0.6) is 0 Å². The number of nitrogens with one attached hydrogen (secondary N) is 1. The van der Waals surface area contributed by atoms with Gasteiger partial charge in [0.1, 0.15) is 10.3 Å². The highest BCUT2D eigenvalue weighted by Gasteiger charge is 2.10. The number of hydrogen-bond acceptors (Lipinski definition) is 3. The van der Waals surface area contributed by atoms with Crippen LogP contribution in [0.4, 0.5) is 5.82 Å². The number of carbonyl (C=O) groups excluding carboxylic acids is 1. The summed E-state index contributed by atoms with van der Waals surface area (Å²) in [5.41, 5.74) is 1.34. The summed E-state index contributed by atoms with van der Waals surface area (Å²) in [5, 5.41) is 3.67. The number of anilines is 1. The maximum Gasteiger partial charge on any atom is 0.257 e. The maximum absolute atomic E-state index is 12.2. The topological polar surface area (TPSA) is 59.8 Å². The minimum atomic E-state index is -0.366. The number of pyridine rings is 1. The van der Waals surface area contributed by atoms with E-state index in [1.807, 2.05) is 28.8 Å². The molecule has 0 aliphatic heterocycles. The van der Waals surface area contributed by atoms with Gasteiger partial charge in [-0.3, -0.25) is 4.79 Å². The average molecular weight is 382 g/mol. The predicted molar refractivity (Wildman–Crippen MR) is 95.0 cm³/mol. The molecule has 0 bridgehead atoms. The van der Waals surface area contributed by atoms with Crippen LogP contribution in [0.3, 0.4) is 0 Å². The molecule has 0 aliphatic carbocycles. The molecule has 5 nitrogen and oxygen atoms in total. The molecular formula is C16H11Cl3N4O. The Morgan fingerprint density at radius 2 is 1.88 bits per heavy atom. The van der Waals surface area contributed by atoms with Gasteiger partial charge >= 0.3 is 0 Å². The Bertz CT molecular complexity index is 874. The number of nitrogens with zero attached hydrogens (tertiary/aromatic N) is 3. The van der Waals surface area contributed by atoms with E-state index in [2.05, 4.69) is 15.3 Å². The van der Waals surface area contributed by atoms with Gasteiger partial charge in [0.2, 0.25) is 0 Å². The van der Waals surface area contributed by atoms with Gasteiger partial charge in [0.15, 0.2) is 5.82 Å². The average Bonchev–Trinajstić information content (AvgIpc) is 2.93. The Labute approximate surface area is 153 Å². The SMILES string of the molecule is O=C(Nc1cn(Cc2cccc(Cl)c2)cn1)c1cc(Cl)nc(Cl)c1. The lowest BCUT2D eigenvalue weighted by Crippen LogP contribution is -2.12. The van der Waals surface area contributed by atoms with Crippen LogP contribution in [0.25, 0.3) is 0 Å². The van der Waals surface area contributed by atoms with Gasteiger partial charge < -0.3 is 9.88 Å². The van der Waals surface area contributed by atoms with Crippen molar-refractivity contribution < 1.29 is 4.79 Å². The van der Waals surface area contributed by atoms with E-state index in [4.69, 9.17) is 34.8 Å². The van der Waals surface area contributed by atoms with Gasteiger partial charge in [0, 0.05) is 23.3 Å². The molecular weight excluding hydrogens is 371 g/mol. The van der Waals surface area contributed by atoms with E-state index in [9.17, 15) is 4.79 Å². The fourth-order valence-corrected chi connectivity index (χ4v) is 2.82. The minimum Gasteiger partial charge on any atom is -0.331 e. The lowest BCUT2D eigenvalue weighted by atomic mass is 10.2. The molecule has 0 saturated heterocycles. The van der Waals surface area contributed by atoms with E-state index in [1.54, 1.807) is 12.5 Å². The van der Waals surface area contributed by atoms with Gasteiger partial charge in [-0.1, -0.05) is 46.9 Å². The quantitative estimate of drug-likeness (QED) is 0.675. The second-order valence-corrected chi connectivity index (χ2v) is 6.23.